The summed E-state index contributed by atoms with van der Waals surface area (Å²) in [5.41, 5.74) is -2.78. The molecule has 102 valence electrons. The Morgan fingerprint density at radius 2 is 1.28 bits per heavy atom. The monoisotopic (exact) mass is 318 g/mol. The molecule has 1 rings (SSSR count). The fourth-order valence-corrected chi connectivity index (χ4v) is 3.27. The first-order valence-corrected chi connectivity index (χ1v) is 5.94. The third-order valence-corrected chi connectivity index (χ3v) is 5.10. The van der Waals surface area contributed by atoms with Gasteiger partial charge in [-0.1, -0.05) is 23.2 Å². The molecule has 6 nitrogen and oxygen atoms in total. The molecule has 0 saturated heterocycles. The Kier molecular flexibility index (Phi) is 3.78. The van der Waals surface area contributed by atoms with Gasteiger partial charge in [0.1, 0.15) is 4.33 Å². The van der Waals surface area contributed by atoms with Crippen LogP contribution in [0.25, 0.3) is 0 Å². The van der Waals surface area contributed by atoms with Gasteiger partial charge in [0.2, 0.25) is 4.87 Å². The second kappa shape index (κ2) is 4.43. The van der Waals surface area contributed by atoms with Gasteiger partial charge in [0.15, 0.2) is 5.41 Å². The molecular formula is C9H9Cl3O6. The summed E-state index contributed by atoms with van der Waals surface area (Å²) in [5, 5.41) is 27.4. The van der Waals surface area contributed by atoms with E-state index in [1.165, 1.54) is 0 Å². The van der Waals surface area contributed by atoms with Crippen LogP contribution in [0.4, 0.5) is 0 Å². The van der Waals surface area contributed by atoms with Crippen molar-refractivity contribution in [1.29, 1.82) is 0 Å². The van der Waals surface area contributed by atoms with Crippen molar-refractivity contribution in [3.63, 3.8) is 0 Å². The first-order valence-electron chi connectivity index (χ1n) is 4.81. The zero-order chi connectivity index (χ0) is 14.4. The molecule has 1 aliphatic rings. The molecule has 0 heterocycles. The second-order valence-corrected chi connectivity index (χ2v) is 6.09. The van der Waals surface area contributed by atoms with Crippen LogP contribution in [0.2, 0.25) is 0 Å². The van der Waals surface area contributed by atoms with Crippen LogP contribution in [0.3, 0.4) is 0 Å². The number of aliphatic carboxylic acids is 3. The van der Waals surface area contributed by atoms with Gasteiger partial charge in [-0.25, -0.2) is 0 Å². The number of halogens is 3. The normalized spacial score (nSPS) is 29.5. The maximum Gasteiger partial charge on any atom is 0.329 e. The van der Waals surface area contributed by atoms with Crippen LogP contribution >= 0.6 is 34.8 Å². The van der Waals surface area contributed by atoms with Gasteiger partial charge in [-0.15, -0.1) is 11.6 Å². The number of hydrogen-bond acceptors (Lipinski definition) is 3. The van der Waals surface area contributed by atoms with Crippen LogP contribution in [0.5, 0.6) is 0 Å². The number of carboxylic acids is 3. The fourth-order valence-electron chi connectivity index (χ4n) is 2.17. The van der Waals surface area contributed by atoms with Crippen molar-refractivity contribution < 1.29 is 29.7 Å². The maximum absolute atomic E-state index is 11.3. The highest BCUT2D eigenvalue weighted by Gasteiger charge is 2.75. The van der Waals surface area contributed by atoms with Crippen molar-refractivity contribution in [1.82, 2.24) is 0 Å². The van der Waals surface area contributed by atoms with Crippen LogP contribution < -0.4 is 0 Å². The first-order chi connectivity index (χ1) is 8.04. The van der Waals surface area contributed by atoms with Gasteiger partial charge in [-0.05, 0) is 19.3 Å². The highest BCUT2D eigenvalue weighted by molar-refractivity contribution is 6.58. The van der Waals surface area contributed by atoms with E-state index in [1.54, 1.807) is 0 Å². The van der Waals surface area contributed by atoms with Gasteiger partial charge in [0.05, 0.1) is 0 Å². The summed E-state index contributed by atoms with van der Waals surface area (Å²) >= 11 is 17.3. The summed E-state index contributed by atoms with van der Waals surface area (Å²) in [6, 6.07) is 0. The van der Waals surface area contributed by atoms with Crippen LogP contribution in [0.1, 0.15) is 19.3 Å². The van der Waals surface area contributed by atoms with Crippen molar-refractivity contribution >= 4 is 52.7 Å². The lowest BCUT2D eigenvalue weighted by molar-refractivity contribution is -0.177. The molecular weight excluding hydrogens is 310 g/mol. The average molecular weight is 320 g/mol. The number of rotatable bonds is 3. The Morgan fingerprint density at radius 1 is 0.833 bits per heavy atom. The van der Waals surface area contributed by atoms with E-state index in [1.807, 2.05) is 0 Å². The van der Waals surface area contributed by atoms with Crippen molar-refractivity contribution in [2.45, 2.75) is 28.5 Å². The summed E-state index contributed by atoms with van der Waals surface area (Å²) in [4.78, 5) is 31.0. The SMILES string of the molecule is O=C(O)C1(C(=O)O)CCCC(Cl)(Cl)C1(Cl)C(=O)O. The number of hydrogen-bond donors (Lipinski definition) is 3. The quantitative estimate of drug-likeness (QED) is 0.537. The Labute approximate surface area is 116 Å². The van der Waals surface area contributed by atoms with E-state index in [-0.39, 0.29) is 12.8 Å². The fraction of sp³-hybridized carbons (Fsp3) is 0.667. The number of carbonyl (C=O) groups is 3. The minimum atomic E-state index is -2.85. The van der Waals surface area contributed by atoms with E-state index in [2.05, 4.69) is 0 Å². The smallest absolute Gasteiger partial charge is 0.329 e. The van der Waals surface area contributed by atoms with Gasteiger partial charge < -0.3 is 15.3 Å². The van der Waals surface area contributed by atoms with Crippen molar-refractivity contribution in [2.24, 2.45) is 5.41 Å². The summed E-state index contributed by atoms with van der Waals surface area (Å²) in [6.45, 7) is 0. The van der Waals surface area contributed by atoms with Gasteiger partial charge in [0, 0.05) is 0 Å². The molecule has 0 aromatic carbocycles. The largest absolute Gasteiger partial charge is 0.480 e. The molecule has 1 fully saturated rings. The predicted molar refractivity (Wildman–Crippen MR) is 62.2 cm³/mol. The van der Waals surface area contributed by atoms with E-state index in [0.717, 1.165) is 0 Å². The van der Waals surface area contributed by atoms with E-state index in [9.17, 15) is 14.4 Å². The van der Waals surface area contributed by atoms with Crippen LogP contribution in [-0.4, -0.2) is 42.4 Å². The summed E-state index contributed by atoms with van der Waals surface area (Å²) < 4.78 is -2.20. The zero-order valence-electron chi connectivity index (χ0n) is 8.82. The molecule has 0 aliphatic heterocycles. The molecule has 1 atom stereocenters. The molecule has 0 aromatic heterocycles. The summed E-state index contributed by atoms with van der Waals surface area (Å²) in [5.74, 6) is -5.63. The van der Waals surface area contributed by atoms with Crippen LogP contribution in [0, 0.1) is 5.41 Å². The third kappa shape index (κ3) is 1.66. The lowest BCUT2D eigenvalue weighted by Crippen LogP contribution is -2.68. The molecule has 1 saturated carbocycles. The molecule has 1 unspecified atom stereocenters. The second-order valence-electron chi connectivity index (χ2n) is 4.04. The van der Waals surface area contributed by atoms with Crippen molar-refractivity contribution in [3.8, 4) is 0 Å². The third-order valence-electron chi connectivity index (χ3n) is 3.16. The molecule has 9 heteroatoms. The molecule has 18 heavy (non-hydrogen) atoms. The Bertz CT molecular complexity index is 407. The molecule has 0 spiro atoms. The standard InChI is InChI=1S/C9H9Cl3O6/c10-8(11)3-1-2-7(4(13)14,5(15)16)9(8,12)6(17)18/h1-3H2,(H,13,14)(H,15,16)(H,17,18). The molecule has 1 aliphatic carbocycles. The molecule has 3 N–H and O–H groups in total. The summed E-state index contributed by atoms with van der Waals surface area (Å²) in [7, 11) is 0. The van der Waals surface area contributed by atoms with Gasteiger partial charge >= 0.3 is 17.9 Å². The van der Waals surface area contributed by atoms with E-state index < -0.39 is 39.0 Å². The average Bonchev–Trinajstić information content (AvgIpc) is 2.20. The van der Waals surface area contributed by atoms with Crippen LogP contribution in [-0.2, 0) is 14.4 Å². The number of alkyl halides is 3. The molecule has 0 aromatic rings. The highest BCUT2D eigenvalue weighted by Crippen LogP contribution is 2.59. The van der Waals surface area contributed by atoms with Crippen molar-refractivity contribution in [3.05, 3.63) is 0 Å². The molecule has 0 amide bonds. The van der Waals surface area contributed by atoms with Gasteiger partial charge in [0.25, 0.3) is 0 Å². The minimum Gasteiger partial charge on any atom is -0.480 e. The Morgan fingerprint density at radius 3 is 1.56 bits per heavy atom. The highest BCUT2D eigenvalue weighted by atomic mass is 35.5. The predicted octanol–water partition coefficient (Wildman–Crippen LogP) is 1.56. The Hall–Kier alpha value is -0.720. The lowest BCUT2D eigenvalue weighted by atomic mass is 9.64. The minimum absolute atomic E-state index is 0.0351. The topological polar surface area (TPSA) is 112 Å². The van der Waals surface area contributed by atoms with Crippen molar-refractivity contribution in [2.75, 3.05) is 0 Å². The maximum atomic E-state index is 11.3. The van der Waals surface area contributed by atoms with Crippen LogP contribution in [0.15, 0.2) is 0 Å². The molecule has 0 radical (unpaired) electrons. The van der Waals surface area contributed by atoms with E-state index in [4.69, 9.17) is 50.1 Å². The number of carboxylic acid groups (broad SMARTS) is 3. The lowest BCUT2D eigenvalue weighted by Gasteiger charge is -2.47. The molecule has 0 bridgehead atoms. The van der Waals surface area contributed by atoms with Gasteiger partial charge in [-0.3, -0.25) is 14.4 Å². The zero-order valence-corrected chi connectivity index (χ0v) is 11.1. The van der Waals surface area contributed by atoms with E-state index >= 15 is 0 Å². The first kappa shape index (κ1) is 15.3. The van der Waals surface area contributed by atoms with E-state index in [0.29, 0.717) is 0 Å². The van der Waals surface area contributed by atoms with Gasteiger partial charge in [-0.2, -0.15) is 0 Å². The Balaban J connectivity index is 3.62. The summed E-state index contributed by atoms with van der Waals surface area (Å²) in [6.07, 6.45) is -0.545.